The number of nitro groups is 1. The Morgan fingerprint density at radius 1 is 1.52 bits per heavy atom. The number of anilines is 1. The van der Waals surface area contributed by atoms with Crippen molar-refractivity contribution in [3.8, 4) is 0 Å². The lowest BCUT2D eigenvalue weighted by Crippen LogP contribution is -2.49. The Kier molecular flexibility index (Phi) is 4.16. The number of hydrogen-bond donors (Lipinski definition) is 2. The first kappa shape index (κ1) is 15.3. The van der Waals surface area contributed by atoms with Crippen LogP contribution in [0.5, 0.6) is 0 Å². The minimum absolute atomic E-state index is 0.0751. The Morgan fingerprint density at radius 2 is 2.24 bits per heavy atom. The van der Waals surface area contributed by atoms with Crippen molar-refractivity contribution in [2.45, 2.75) is 45.1 Å². The third-order valence-electron chi connectivity index (χ3n) is 4.13. The number of benzene rings is 1. The number of nitro benzene ring substituents is 1. The van der Waals surface area contributed by atoms with E-state index in [4.69, 9.17) is 0 Å². The van der Waals surface area contributed by atoms with Crippen molar-refractivity contribution in [2.24, 2.45) is 5.92 Å². The van der Waals surface area contributed by atoms with Gasteiger partial charge in [0.2, 0.25) is 0 Å². The minimum Gasteiger partial charge on any atom is -0.480 e. The molecule has 1 aromatic rings. The number of rotatable bonds is 4. The highest BCUT2D eigenvalue weighted by molar-refractivity contribution is 5.84. The van der Waals surface area contributed by atoms with Gasteiger partial charge in [-0.3, -0.25) is 10.1 Å². The zero-order chi connectivity index (χ0) is 15.6. The van der Waals surface area contributed by atoms with Gasteiger partial charge in [-0.05, 0) is 37.3 Å². The highest BCUT2D eigenvalue weighted by Crippen LogP contribution is 2.37. The van der Waals surface area contributed by atoms with Gasteiger partial charge in [0.05, 0.1) is 4.92 Å². The molecular weight excluding hydrogens is 272 g/mol. The number of carboxylic acid groups (broad SMARTS) is 1. The summed E-state index contributed by atoms with van der Waals surface area (Å²) in [6.07, 6.45) is 2.76. The maximum absolute atomic E-state index is 11.7. The second kappa shape index (κ2) is 5.71. The van der Waals surface area contributed by atoms with Crippen molar-refractivity contribution in [1.82, 2.24) is 0 Å². The van der Waals surface area contributed by atoms with Gasteiger partial charge in [-0.15, -0.1) is 0 Å². The molecule has 1 aliphatic carbocycles. The second-order valence-electron chi connectivity index (χ2n) is 5.99. The van der Waals surface area contributed by atoms with Crippen LogP contribution < -0.4 is 5.32 Å². The number of hydrogen-bond acceptors (Lipinski definition) is 4. The van der Waals surface area contributed by atoms with E-state index in [-0.39, 0.29) is 17.3 Å². The smallest absolute Gasteiger partial charge is 0.329 e. The van der Waals surface area contributed by atoms with Crippen LogP contribution in [0.3, 0.4) is 0 Å². The molecule has 0 saturated heterocycles. The van der Waals surface area contributed by atoms with Crippen LogP contribution in [-0.2, 0) is 4.79 Å². The zero-order valence-electron chi connectivity index (χ0n) is 12.3. The summed E-state index contributed by atoms with van der Waals surface area (Å²) in [5.74, 6) is -0.657. The van der Waals surface area contributed by atoms with Crippen LogP contribution in [0.4, 0.5) is 11.4 Å². The fourth-order valence-electron chi connectivity index (χ4n) is 3.07. The minimum atomic E-state index is -1.11. The molecule has 0 spiro atoms. The lowest BCUT2D eigenvalue weighted by molar-refractivity contribution is -0.384. The fourth-order valence-corrected chi connectivity index (χ4v) is 3.07. The molecule has 21 heavy (non-hydrogen) atoms. The summed E-state index contributed by atoms with van der Waals surface area (Å²) in [7, 11) is 0. The number of nitrogens with one attached hydrogen (secondary N) is 1. The van der Waals surface area contributed by atoms with E-state index in [2.05, 4.69) is 5.32 Å². The van der Waals surface area contributed by atoms with Crippen LogP contribution >= 0.6 is 0 Å². The molecule has 2 rings (SSSR count). The van der Waals surface area contributed by atoms with Gasteiger partial charge >= 0.3 is 5.97 Å². The van der Waals surface area contributed by atoms with E-state index in [9.17, 15) is 20.0 Å². The molecule has 0 aromatic heterocycles. The summed E-state index contributed by atoms with van der Waals surface area (Å²) in [6.45, 7) is 3.79. The second-order valence-corrected chi connectivity index (χ2v) is 5.99. The molecule has 0 amide bonds. The maximum atomic E-state index is 11.7. The van der Waals surface area contributed by atoms with Crippen molar-refractivity contribution in [3.05, 3.63) is 33.9 Å². The number of nitrogens with zero attached hydrogens (tertiary/aromatic N) is 1. The van der Waals surface area contributed by atoms with Crippen LogP contribution in [0.15, 0.2) is 18.2 Å². The molecule has 6 nitrogen and oxygen atoms in total. The standard InChI is InChI=1S/C15H20N2O4/c1-10-5-6-12(13(8-10)17(20)21)16-15(14(18)19)7-3-4-11(2)9-15/h5-6,8,11,16H,3-4,7,9H2,1-2H3,(H,18,19). The number of carbonyl (C=O) groups is 1. The van der Waals surface area contributed by atoms with Crippen LogP contribution in [-0.4, -0.2) is 21.5 Å². The van der Waals surface area contributed by atoms with Gasteiger partial charge in [-0.1, -0.05) is 25.8 Å². The predicted molar refractivity (Wildman–Crippen MR) is 79.5 cm³/mol. The lowest BCUT2D eigenvalue weighted by Gasteiger charge is -2.37. The molecule has 1 saturated carbocycles. The Bertz CT molecular complexity index is 573. The summed E-state index contributed by atoms with van der Waals surface area (Å²) in [5, 5.41) is 23.8. The van der Waals surface area contributed by atoms with Gasteiger partial charge in [0.15, 0.2) is 0 Å². The highest BCUT2D eigenvalue weighted by Gasteiger charge is 2.42. The third-order valence-corrected chi connectivity index (χ3v) is 4.13. The first-order chi connectivity index (χ1) is 9.84. The van der Waals surface area contributed by atoms with E-state index in [1.807, 2.05) is 6.92 Å². The summed E-state index contributed by atoms with van der Waals surface area (Å²) in [6, 6.07) is 4.80. The molecule has 0 bridgehead atoms. The largest absolute Gasteiger partial charge is 0.480 e. The molecule has 0 radical (unpaired) electrons. The average Bonchev–Trinajstić information content (AvgIpc) is 2.40. The van der Waals surface area contributed by atoms with Gasteiger partial charge in [0.1, 0.15) is 11.2 Å². The molecule has 0 heterocycles. The van der Waals surface area contributed by atoms with Gasteiger partial charge in [-0.2, -0.15) is 0 Å². The van der Waals surface area contributed by atoms with E-state index >= 15 is 0 Å². The number of carboxylic acids is 1. The predicted octanol–water partition coefficient (Wildman–Crippen LogP) is 3.35. The molecule has 1 aliphatic rings. The SMILES string of the molecule is Cc1ccc(NC2(C(=O)O)CCCC(C)C2)c([N+](=O)[O-])c1. The van der Waals surface area contributed by atoms with E-state index < -0.39 is 16.4 Å². The van der Waals surface area contributed by atoms with E-state index in [0.717, 1.165) is 18.4 Å². The molecule has 0 aliphatic heterocycles. The molecular formula is C15H20N2O4. The topological polar surface area (TPSA) is 92.5 Å². The average molecular weight is 292 g/mol. The molecule has 1 fully saturated rings. The Morgan fingerprint density at radius 3 is 2.81 bits per heavy atom. The van der Waals surface area contributed by atoms with Crippen LogP contribution in [0.25, 0.3) is 0 Å². The van der Waals surface area contributed by atoms with Gasteiger partial charge in [0, 0.05) is 6.07 Å². The monoisotopic (exact) mass is 292 g/mol. The molecule has 2 atom stereocenters. The van der Waals surface area contributed by atoms with Crippen molar-refractivity contribution >= 4 is 17.3 Å². The van der Waals surface area contributed by atoms with Crippen molar-refractivity contribution in [3.63, 3.8) is 0 Å². The molecule has 2 N–H and O–H groups in total. The first-order valence-corrected chi connectivity index (χ1v) is 7.11. The molecule has 6 heteroatoms. The lowest BCUT2D eigenvalue weighted by atomic mass is 9.76. The summed E-state index contributed by atoms with van der Waals surface area (Å²) in [4.78, 5) is 22.4. The number of aliphatic carboxylic acids is 1. The van der Waals surface area contributed by atoms with Crippen molar-refractivity contribution < 1.29 is 14.8 Å². The number of aryl methyl sites for hydroxylation is 1. The van der Waals surface area contributed by atoms with E-state index in [0.29, 0.717) is 12.8 Å². The first-order valence-electron chi connectivity index (χ1n) is 7.11. The van der Waals surface area contributed by atoms with Gasteiger partial charge < -0.3 is 10.4 Å². The maximum Gasteiger partial charge on any atom is 0.329 e. The van der Waals surface area contributed by atoms with E-state index in [1.165, 1.54) is 6.07 Å². The van der Waals surface area contributed by atoms with Crippen LogP contribution in [0.1, 0.15) is 38.2 Å². The quantitative estimate of drug-likeness (QED) is 0.655. The molecule has 2 unspecified atom stereocenters. The molecule has 114 valence electrons. The van der Waals surface area contributed by atoms with E-state index in [1.54, 1.807) is 19.1 Å². The fraction of sp³-hybridized carbons (Fsp3) is 0.533. The Hall–Kier alpha value is -2.11. The normalized spacial score (nSPS) is 25.3. The van der Waals surface area contributed by atoms with Crippen molar-refractivity contribution in [2.75, 3.05) is 5.32 Å². The highest BCUT2D eigenvalue weighted by atomic mass is 16.6. The third kappa shape index (κ3) is 3.15. The van der Waals surface area contributed by atoms with Crippen molar-refractivity contribution in [1.29, 1.82) is 0 Å². The van der Waals surface area contributed by atoms with Crippen LogP contribution in [0, 0.1) is 23.0 Å². The summed E-state index contributed by atoms with van der Waals surface area (Å²) >= 11 is 0. The zero-order valence-corrected chi connectivity index (χ0v) is 12.3. The summed E-state index contributed by atoms with van der Waals surface area (Å²) < 4.78 is 0. The Balaban J connectivity index is 2.38. The summed E-state index contributed by atoms with van der Waals surface area (Å²) in [5.41, 5.74) is -0.137. The van der Waals surface area contributed by atoms with Gasteiger partial charge in [0.25, 0.3) is 5.69 Å². The van der Waals surface area contributed by atoms with Gasteiger partial charge in [-0.25, -0.2) is 4.79 Å². The molecule has 1 aromatic carbocycles. The Labute approximate surface area is 123 Å². The van der Waals surface area contributed by atoms with Crippen LogP contribution in [0.2, 0.25) is 0 Å².